The lowest BCUT2D eigenvalue weighted by Crippen LogP contribution is -2.25. The molecule has 0 spiro atoms. The number of hydrogen-bond donors (Lipinski definition) is 1. The molecule has 0 bridgehead atoms. The molecule has 29 heavy (non-hydrogen) atoms. The van der Waals surface area contributed by atoms with E-state index in [1.54, 1.807) is 41.4 Å². The maximum absolute atomic E-state index is 12.6. The summed E-state index contributed by atoms with van der Waals surface area (Å²) in [6.45, 7) is 2.75. The Hall–Kier alpha value is -3.06. The van der Waals surface area contributed by atoms with Crippen LogP contribution in [0.1, 0.15) is 23.7 Å². The van der Waals surface area contributed by atoms with Crippen LogP contribution < -0.4 is 11.0 Å². The largest absolute Gasteiger partial charge is 0.345 e. The van der Waals surface area contributed by atoms with Gasteiger partial charge < -0.3 is 10.2 Å². The van der Waals surface area contributed by atoms with Crippen molar-refractivity contribution in [3.8, 4) is 0 Å². The highest BCUT2D eigenvalue weighted by atomic mass is 35.5. The maximum atomic E-state index is 12.6. The van der Waals surface area contributed by atoms with Gasteiger partial charge in [-0.2, -0.15) is 0 Å². The maximum Gasteiger partial charge on any atom is 0.329 e. The number of anilines is 1. The molecule has 3 aromatic rings. The molecule has 1 heterocycles. The van der Waals surface area contributed by atoms with Crippen LogP contribution in [0.2, 0.25) is 5.02 Å². The second kappa shape index (κ2) is 8.53. The highest BCUT2D eigenvalue weighted by molar-refractivity contribution is 6.34. The molecule has 0 aliphatic rings. The fourth-order valence-electron chi connectivity index (χ4n) is 3.24. The standard InChI is InChI=1S/C21H23ClN4O3/c1-4-25-17-7-5-6-8-18(17)26(21(25)29)12-11-19(27)23-14-9-10-15(16(22)13-14)20(28)24(2)3/h5-10,13H,4,11-12H2,1-3H3,(H,23,27). The number of halogens is 1. The van der Waals surface area contributed by atoms with Crippen molar-refractivity contribution < 1.29 is 9.59 Å². The zero-order chi connectivity index (χ0) is 21.1. The van der Waals surface area contributed by atoms with Gasteiger partial charge in [0, 0.05) is 39.3 Å². The van der Waals surface area contributed by atoms with Gasteiger partial charge in [-0.15, -0.1) is 0 Å². The van der Waals surface area contributed by atoms with Crippen molar-refractivity contribution in [2.45, 2.75) is 26.4 Å². The Morgan fingerprint density at radius 3 is 2.31 bits per heavy atom. The molecular weight excluding hydrogens is 392 g/mol. The van der Waals surface area contributed by atoms with Crippen LogP contribution in [0, 0.1) is 0 Å². The third-order valence-corrected chi connectivity index (χ3v) is 5.01. The van der Waals surface area contributed by atoms with Crippen molar-refractivity contribution >= 4 is 40.1 Å². The van der Waals surface area contributed by atoms with E-state index in [1.807, 2.05) is 31.2 Å². The lowest BCUT2D eigenvalue weighted by molar-refractivity contribution is -0.116. The predicted molar refractivity (Wildman–Crippen MR) is 115 cm³/mol. The third-order valence-electron chi connectivity index (χ3n) is 4.69. The molecule has 0 aliphatic heterocycles. The number of amides is 2. The highest BCUT2D eigenvalue weighted by Gasteiger charge is 2.15. The van der Waals surface area contributed by atoms with Crippen molar-refractivity contribution in [3.63, 3.8) is 0 Å². The summed E-state index contributed by atoms with van der Waals surface area (Å²) in [6, 6.07) is 12.3. The van der Waals surface area contributed by atoms with E-state index < -0.39 is 0 Å². The van der Waals surface area contributed by atoms with Crippen molar-refractivity contribution in [2.75, 3.05) is 19.4 Å². The van der Waals surface area contributed by atoms with Gasteiger partial charge in [0.15, 0.2) is 0 Å². The lowest BCUT2D eigenvalue weighted by atomic mass is 10.2. The summed E-state index contributed by atoms with van der Waals surface area (Å²) in [6.07, 6.45) is 0.133. The Bertz CT molecular complexity index is 1130. The fraction of sp³-hybridized carbons (Fsp3) is 0.286. The molecular formula is C21H23ClN4O3. The molecule has 2 amide bonds. The molecule has 0 aliphatic carbocycles. The van der Waals surface area contributed by atoms with Crippen LogP contribution in [-0.4, -0.2) is 39.9 Å². The Labute approximate surface area is 173 Å². The van der Waals surface area contributed by atoms with Crippen LogP contribution in [0.5, 0.6) is 0 Å². The first kappa shape index (κ1) is 20.7. The van der Waals surface area contributed by atoms with Gasteiger partial charge in [0.1, 0.15) is 0 Å². The molecule has 8 heteroatoms. The molecule has 2 aromatic carbocycles. The SMILES string of the molecule is CCn1c(=O)n(CCC(=O)Nc2ccc(C(=O)N(C)C)c(Cl)c2)c2ccccc21. The van der Waals surface area contributed by atoms with E-state index in [0.29, 0.717) is 17.8 Å². The quantitative estimate of drug-likeness (QED) is 0.672. The minimum Gasteiger partial charge on any atom is -0.345 e. The number of aryl methyl sites for hydroxylation is 2. The van der Waals surface area contributed by atoms with E-state index in [-0.39, 0.29) is 35.5 Å². The van der Waals surface area contributed by atoms with E-state index in [2.05, 4.69) is 5.32 Å². The molecule has 0 fully saturated rings. The van der Waals surface area contributed by atoms with Gasteiger partial charge in [0.2, 0.25) is 5.91 Å². The molecule has 0 saturated heterocycles. The van der Waals surface area contributed by atoms with Crippen LogP contribution in [0.15, 0.2) is 47.3 Å². The molecule has 3 rings (SSSR count). The van der Waals surface area contributed by atoms with Gasteiger partial charge in [-0.3, -0.25) is 18.7 Å². The number of hydrogen-bond acceptors (Lipinski definition) is 3. The Morgan fingerprint density at radius 1 is 1.07 bits per heavy atom. The zero-order valence-electron chi connectivity index (χ0n) is 16.6. The first-order valence-corrected chi connectivity index (χ1v) is 9.70. The number of rotatable bonds is 6. The number of carbonyl (C=O) groups excluding carboxylic acids is 2. The van der Waals surface area contributed by atoms with Gasteiger partial charge in [-0.1, -0.05) is 23.7 Å². The van der Waals surface area contributed by atoms with Crippen LogP contribution in [0.25, 0.3) is 11.0 Å². The highest BCUT2D eigenvalue weighted by Crippen LogP contribution is 2.22. The number of benzene rings is 2. The Balaban J connectivity index is 1.72. The molecule has 1 aromatic heterocycles. The van der Waals surface area contributed by atoms with Gasteiger partial charge in [0.05, 0.1) is 21.6 Å². The fourth-order valence-corrected chi connectivity index (χ4v) is 3.50. The zero-order valence-corrected chi connectivity index (χ0v) is 17.4. The average Bonchev–Trinajstić information content (AvgIpc) is 2.96. The molecule has 7 nitrogen and oxygen atoms in total. The summed E-state index contributed by atoms with van der Waals surface area (Å²) < 4.78 is 3.30. The molecule has 0 saturated carbocycles. The van der Waals surface area contributed by atoms with Crippen molar-refractivity contribution in [2.24, 2.45) is 0 Å². The predicted octanol–water partition coefficient (Wildman–Crippen LogP) is 3.21. The molecule has 0 radical (unpaired) electrons. The third kappa shape index (κ3) is 4.19. The number of para-hydroxylation sites is 2. The Morgan fingerprint density at radius 2 is 1.72 bits per heavy atom. The number of fused-ring (bicyclic) bond motifs is 1. The van der Waals surface area contributed by atoms with E-state index in [1.165, 1.54) is 4.90 Å². The summed E-state index contributed by atoms with van der Waals surface area (Å²) in [4.78, 5) is 38.5. The number of imidazole rings is 1. The van der Waals surface area contributed by atoms with Gasteiger partial charge >= 0.3 is 5.69 Å². The number of carbonyl (C=O) groups is 2. The van der Waals surface area contributed by atoms with E-state index >= 15 is 0 Å². The first-order chi connectivity index (χ1) is 13.8. The lowest BCUT2D eigenvalue weighted by Gasteiger charge is -2.13. The van der Waals surface area contributed by atoms with Crippen molar-refractivity contribution in [1.29, 1.82) is 0 Å². The van der Waals surface area contributed by atoms with Gasteiger partial charge in [0.25, 0.3) is 5.91 Å². The number of aromatic nitrogens is 2. The second-order valence-electron chi connectivity index (χ2n) is 6.86. The minimum atomic E-state index is -0.243. The summed E-state index contributed by atoms with van der Waals surface area (Å²) in [5, 5.41) is 3.03. The summed E-state index contributed by atoms with van der Waals surface area (Å²) in [5.74, 6) is -0.451. The van der Waals surface area contributed by atoms with Crippen LogP contribution in [-0.2, 0) is 17.9 Å². The second-order valence-corrected chi connectivity index (χ2v) is 7.27. The van der Waals surface area contributed by atoms with Gasteiger partial charge in [-0.25, -0.2) is 4.79 Å². The van der Waals surface area contributed by atoms with E-state index in [4.69, 9.17) is 11.6 Å². The van der Waals surface area contributed by atoms with Gasteiger partial charge in [-0.05, 0) is 37.3 Å². The monoisotopic (exact) mass is 414 g/mol. The van der Waals surface area contributed by atoms with Crippen molar-refractivity contribution in [1.82, 2.24) is 14.0 Å². The smallest absolute Gasteiger partial charge is 0.329 e. The normalized spacial score (nSPS) is 10.9. The first-order valence-electron chi connectivity index (χ1n) is 9.32. The number of nitrogens with zero attached hydrogens (tertiary/aromatic N) is 3. The van der Waals surface area contributed by atoms with Crippen LogP contribution in [0.4, 0.5) is 5.69 Å². The summed E-state index contributed by atoms with van der Waals surface area (Å²) >= 11 is 6.18. The molecule has 152 valence electrons. The molecule has 1 N–H and O–H groups in total. The summed E-state index contributed by atoms with van der Waals surface area (Å²) in [5.41, 5.74) is 2.40. The molecule has 0 atom stereocenters. The molecule has 0 unspecified atom stereocenters. The van der Waals surface area contributed by atoms with Crippen LogP contribution >= 0.6 is 11.6 Å². The Kier molecular flexibility index (Phi) is 6.08. The topological polar surface area (TPSA) is 76.3 Å². The minimum absolute atomic E-state index is 0.129. The van der Waals surface area contributed by atoms with E-state index in [0.717, 1.165) is 11.0 Å². The van der Waals surface area contributed by atoms with Crippen molar-refractivity contribution in [3.05, 3.63) is 63.5 Å². The number of nitrogens with one attached hydrogen (secondary N) is 1. The van der Waals surface area contributed by atoms with E-state index in [9.17, 15) is 14.4 Å². The average molecular weight is 415 g/mol. The van der Waals surface area contributed by atoms with Crippen LogP contribution in [0.3, 0.4) is 0 Å². The summed E-state index contributed by atoms with van der Waals surface area (Å²) in [7, 11) is 3.29.